The van der Waals surface area contributed by atoms with Crippen LogP contribution in [0.4, 0.5) is 0 Å². The van der Waals surface area contributed by atoms with Gasteiger partial charge in [0.15, 0.2) is 5.82 Å². The highest BCUT2D eigenvalue weighted by Gasteiger charge is 2.18. The smallest absolute Gasteiger partial charge is 0.161 e. The van der Waals surface area contributed by atoms with Crippen LogP contribution in [0.1, 0.15) is 0 Å². The Balaban J connectivity index is 1.20. The summed E-state index contributed by atoms with van der Waals surface area (Å²) in [6.45, 7) is 0. The van der Waals surface area contributed by atoms with Gasteiger partial charge in [0.05, 0.1) is 28.1 Å². The molecule has 10 aromatic rings. The van der Waals surface area contributed by atoms with Crippen LogP contribution in [0, 0.1) is 0 Å². The second-order valence-corrected chi connectivity index (χ2v) is 13.0. The zero-order valence-electron chi connectivity index (χ0n) is 27.7. The first kappa shape index (κ1) is 29.1. The summed E-state index contributed by atoms with van der Waals surface area (Å²) >= 11 is 0. The van der Waals surface area contributed by atoms with Gasteiger partial charge in [0.2, 0.25) is 0 Å². The molecular formula is C48H31N3. The number of fused-ring (bicyclic) bond motifs is 5. The third-order valence-electron chi connectivity index (χ3n) is 9.98. The fourth-order valence-corrected chi connectivity index (χ4v) is 7.55. The van der Waals surface area contributed by atoms with Crippen molar-refractivity contribution in [2.75, 3.05) is 0 Å². The molecule has 0 fully saturated rings. The van der Waals surface area contributed by atoms with Gasteiger partial charge in [0, 0.05) is 32.8 Å². The number of rotatable bonds is 5. The summed E-state index contributed by atoms with van der Waals surface area (Å²) in [5.74, 6) is 0.701. The summed E-state index contributed by atoms with van der Waals surface area (Å²) in [6, 6.07) is 66.7. The quantitative estimate of drug-likeness (QED) is 0.186. The molecule has 2 aromatic heterocycles. The minimum absolute atomic E-state index is 0.701. The van der Waals surface area contributed by atoms with Crippen LogP contribution in [0.2, 0.25) is 0 Å². The van der Waals surface area contributed by atoms with Crippen molar-refractivity contribution in [3.05, 3.63) is 188 Å². The van der Waals surface area contributed by atoms with Crippen molar-refractivity contribution >= 4 is 43.4 Å². The average Bonchev–Trinajstić information content (AvgIpc) is 3.53. The summed E-state index contributed by atoms with van der Waals surface area (Å²) in [5.41, 5.74) is 10.7. The summed E-state index contributed by atoms with van der Waals surface area (Å²) in [6.07, 6.45) is 0. The molecule has 3 heteroatoms. The minimum atomic E-state index is 0.701. The lowest BCUT2D eigenvalue weighted by Crippen LogP contribution is -1.99. The van der Waals surface area contributed by atoms with E-state index in [4.69, 9.17) is 9.97 Å². The Bertz CT molecular complexity index is 2910. The molecule has 0 bridgehead atoms. The zero-order valence-corrected chi connectivity index (χ0v) is 27.7. The van der Waals surface area contributed by atoms with Gasteiger partial charge in [-0.2, -0.15) is 0 Å². The molecule has 0 amide bonds. The van der Waals surface area contributed by atoms with E-state index >= 15 is 0 Å². The van der Waals surface area contributed by atoms with Crippen molar-refractivity contribution in [3.8, 4) is 50.7 Å². The summed E-state index contributed by atoms with van der Waals surface area (Å²) in [4.78, 5) is 10.5. The van der Waals surface area contributed by atoms with E-state index < -0.39 is 0 Å². The van der Waals surface area contributed by atoms with Crippen molar-refractivity contribution in [2.24, 2.45) is 0 Å². The van der Waals surface area contributed by atoms with Gasteiger partial charge in [-0.05, 0) is 69.8 Å². The molecule has 0 saturated carbocycles. The van der Waals surface area contributed by atoms with Crippen LogP contribution in [0.25, 0.3) is 94.1 Å². The highest BCUT2D eigenvalue weighted by atomic mass is 15.0. The Labute approximate surface area is 295 Å². The first-order chi connectivity index (χ1) is 25.3. The second kappa shape index (κ2) is 11.9. The molecular weight excluding hydrogens is 619 g/mol. The van der Waals surface area contributed by atoms with Gasteiger partial charge in [-0.15, -0.1) is 0 Å². The topological polar surface area (TPSA) is 30.7 Å². The lowest BCUT2D eigenvalue weighted by atomic mass is 9.99. The first-order valence-corrected chi connectivity index (χ1v) is 17.3. The molecule has 0 radical (unpaired) electrons. The van der Waals surface area contributed by atoms with Crippen molar-refractivity contribution in [3.63, 3.8) is 0 Å². The van der Waals surface area contributed by atoms with Crippen LogP contribution < -0.4 is 0 Å². The number of nitrogens with zero attached hydrogens (tertiary/aromatic N) is 3. The van der Waals surface area contributed by atoms with Crippen LogP contribution in [0.5, 0.6) is 0 Å². The van der Waals surface area contributed by atoms with E-state index in [1.54, 1.807) is 0 Å². The standard InChI is InChI=1S/C48H31N3/c1-3-14-32(15-4-1)34-20-13-21-37(28-34)44-31-43(33-16-5-2-6-17-33)49-48(50-44)41-26-27-46(39-23-10-9-22-38(39)41)51-45-25-12-11-24-40(45)42-29-35-18-7-8-19-36(35)30-47(42)51/h1-31H. The van der Waals surface area contributed by atoms with E-state index in [1.807, 2.05) is 6.07 Å². The van der Waals surface area contributed by atoms with Gasteiger partial charge in [-0.3, -0.25) is 0 Å². The Hall–Kier alpha value is -6.84. The van der Waals surface area contributed by atoms with E-state index in [-0.39, 0.29) is 0 Å². The molecule has 0 aliphatic heterocycles. The summed E-state index contributed by atoms with van der Waals surface area (Å²) in [7, 11) is 0. The molecule has 10 rings (SSSR count). The predicted octanol–water partition coefficient (Wildman–Crippen LogP) is 12.5. The monoisotopic (exact) mass is 649 g/mol. The lowest BCUT2D eigenvalue weighted by molar-refractivity contribution is 1.18. The first-order valence-electron chi connectivity index (χ1n) is 17.3. The van der Waals surface area contributed by atoms with E-state index in [1.165, 1.54) is 38.1 Å². The highest BCUT2D eigenvalue weighted by Crippen LogP contribution is 2.39. The maximum absolute atomic E-state index is 5.29. The zero-order chi connectivity index (χ0) is 33.7. The fourth-order valence-electron chi connectivity index (χ4n) is 7.55. The molecule has 8 aromatic carbocycles. The van der Waals surface area contributed by atoms with Crippen LogP contribution in [0.15, 0.2) is 188 Å². The van der Waals surface area contributed by atoms with Crippen LogP contribution in [-0.4, -0.2) is 14.5 Å². The molecule has 51 heavy (non-hydrogen) atoms. The number of aromatic nitrogens is 3. The van der Waals surface area contributed by atoms with Gasteiger partial charge < -0.3 is 4.57 Å². The Kier molecular flexibility index (Phi) is 6.81. The molecule has 0 unspecified atom stereocenters. The maximum atomic E-state index is 5.29. The average molecular weight is 650 g/mol. The van der Waals surface area contributed by atoms with Gasteiger partial charge >= 0.3 is 0 Å². The Morgan fingerprint density at radius 3 is 1.71 bits per heavy atom. The highest BCUT2D eigenvalue weighted by molar-refractivity contribution is 6.15. The SMILES string of the molecule is c1ccc(-c2cccc(-c3cc(-c4ccccc4)nc(-c4ccc(-n5c6ccccc6c6cc7ccccc7cc65)c5ccccc45)n3)c2)cc1. The molecule has 0 aliphatic carbocycles. The molecule has 0 saturated heterocycles. The third-order valence-corrected chi connectivity index (χ3v) is 9.98. The van der Waals surface area contributed by atoms with Crippen LogP contribution in [0.3, 0.4) is 0 Å². The second-order valence-electron chi connectivity index (χ2n) is 13.0. The molecule has 0 atom stereocenters. The third kappa shape index (κ3) is 4.98. The van der Waals surface area contributed by atoms with Crippen LogP contribution in [-0.2, 0) is 0 Å². The van der Waals surface area contributed by atoms with E-state index in [2.05, 4.69) is 187 Å². The summed E-state index contributed by atoms with van der Waals surface area (Å²) in [5, 5.41) is 7.22. The fraction of sp³-hybridized carbons (Fsp3) is 0. The Morgan fingerprint density at radius 1 is 0.333 bits per heavy atom. The molecule has 238 valence electrons. The van der Waals surface area contributed by atoms with Crippen molar-refractivity contribution in [1.82, 2.24) is 14.5 Å². The van der Waals surface area contributed by atoms with Gasteiger partial charge in [0.1, 0.15) is 0 Å². The Morgan fingerprint density at radius 2 is 0.922 bits per heavy atom. The van der Waals surface area contributed by atoms with E-state index in [0.29, 0.717) is 5.82 Å². The number of hydrogen-bond acceptors (Lipinski definition) is 2. The van der Waals surface area contributed by atoms with Crippen LogP contribution >= 0.6 is 0 Å². The van der Waals surface area contributed by atoms with Crippen molar-refractivity contribution < 1.29 is 0 Å². The molecule has 0 spiro atoms. The molecule has 0 N–H and O–H groups in total. The van der Waals surface area contributed by atoms with Gasteiger partial charge in [-0.25, -0.2) is 9.97 Å². The van der Waals surface area contributed by atoms with E-state index in [9.17, 15) is 0 Å². The maximum Gasteiger partial charge on any atom is 0.161 e. The molecule has 3 nitrogen and oxygen atoms in total. The lowest BCUT2D eigenvalue weighted by Gasteiger charge is -2.16. The normalized spacial score (nSPS) is 11.5. The molecule has 0 aliphatic rings. The minimum Gasteiger partial charge on any atom is -0.309 e. The number of benzene rings is 8. The number of para-hydroxylation sites is 1. The summed E-state index contributed by atoms with van der Waals surface area (Å²) < 4.78 is 2.42. The van der Waals surface area contributed by atoms with Crippen molar-refractivity contribution in [2.45, 2.75) is 0 Å². The van der Waals surface area contributed by atoms with Crippen molar-refractivity contribution in [1.29, 1.82) is 0 Å². The number of hydrogen-bond donors (Lipinski definition) is 0. The molecule has 2 heterocycles. The van der Waals surface area contributed by atoms with Gasteiger partial charge in [-0.1, -0.05) is 146 Å². The van der Waals surface area contributed by atoms with E-state index in [0.717, 1.165) is 50.1 Å². The van der Waals surface area contributed by atoms with Gasteiger partial charge in [0.25, 0.3) is 0 Å². The predicted molar refractivity (Wildman–Crippen MR) is 213 cm³/mol. The largest absolute Gasteiger partial charge is 0.309 e.